The Kier molecular flexibility index (Phi) is 3.59. The molecule has 0 aliphatic carbocycles. The third-order valence-corrected chi connectivity index (χ3v) is 3.89. The van der Waals surface area contributed by atoms with Gasteiger partial charge in [-0.05, 0) is 18.6 Å². The lowest BCUT2D eigenvalue weighted by molar-refractivity contribution is 0.284. The summed E-state index contributed by atoms with van der Waals surface area (Å²) in [5.41, 5.74) is 1.98. The van der Waals surface area contributed by atoms with Gasteiger partial charge in [-0.1, -0.05) is 29.8 Å². The molecule has 0 saturated heterocycles. The van der Waals surface area contributed by atoms with E-state index in [9.17, 15) is 0 Å². The van der Waals surface area contributed by atoms with Gasteiger partial charge in [0.15, 0.2) is 0 Å². The molecule has 0 atom stereocenters. The molecule has 0 spiro atoms. The molecule has 0 amide bonds. The lowest BCUT2D eigenvalue weighted by atomic mass is 10.2. The second-order valence-electron chi connectivity index (χ2n) is 3.54. The van der Waals surface area contributed by atoms with Crippen molar-refractivity contribution in [2.75, 3.05) is 0 Å². The smallest absolute Gasteiger partial charge is 0.0976 e. The minimum absolute atomic E-state index is 0.0615. The zero-order valence-electron chi connectivity index (χ0n) is 8.90. The highest BCUT2D eigenvalue weighted by atomic mass is 35.5. The zero-order valence-corrected chi connectivity index (χ0v) is 10.5. The van der Waals surface area contributed by atoms with Crippen molar-refractivity contribution in [2.45, 2.75) is 20.0 Å². The van der Waals surface area contributed by atoms with Gasteiger partial charge in [0.25, 0.3) is 0 Å². The lowest BCUT2D eigenvalue weighted by Crippen LogP contribution is -1.88. The van der Waals surface area contributed by atoms with Crippen molar-refractivity contribution in [3.63, 3.8) is 0 Å². The number of benzene rings is 1. The predicted molar refractivity (Wildman–Crippen MR) is 67.0 cm³/mol. The Bertz CT molecular complexity index is 496. The summed E-state index contributed by atoms with van der Waals surface area (Å²) >= 11 is 7.63. The predicted octanol–water partition coefficient (Wildman–Crippen LogP) is 3.19. The molecule has 2 nitrogen and oxygen atoms in total. The molecule has 1 heterocycles. The van der Waals surface area contributed by atoms with Gasteiger partial charge in [0, 0.05) is 11.4 Å². The SMILES string of the molecule is Cc1nc(Cc2ccccc2Cl)sc1CO. The molecule has 0 unspecified atom stereocenters. The molecule has 0 aliphatic rings. The number of halogens is 1. The molecular weight excluding hydrogens is 242 g/mol. The Morgan fingerprint density at radius 2 is 2.12 bits per heavy atom. The van der Waals surface area contributed by atoms with Gasteiger partial charge in [-0.3, -0.25) is 0 Å². The van der Waals surface area contributed by atoms with Gasteiger partial charge in [0.1, 0.15) is 0 Å². The first-order chi connectivity index (χ1) is 7.70. The number of aryl methyl sites for hydroxylation is 1. The van der Waals surface area contributed by atoms with E-state index in [1.807, 2.05) is 31.2 Å². The van der Waals surface area contributed by atoms with Crippen LogP contribution in [0.1, 0.15) is 21.1 Å². The number of aliphatic hydroxyl groups excluding tert-OH is 1. The second-order valence-corrected chi connectivity index (χ2v) is 5.12. The molecule has 4 heteroatoms. The molecule has 0 radical (unpaired) electrons. The summed E-state index contributed by atoms with van der Waals surface area (Å²) in [4.78, 5) is 5.35. The van der Waals surface area contributed by atoms with Crippen LogP contribution in [0.4, 0.5) is 0 Å². The summed E-state index contributed by atoms with van der Waals surface area (Å²) in [5.74, 6) is 0. The van der Waals surface area contributed by atoms with Crippen molar-refractivity contribution in [2.24, 2.45) is 0 Å². The highest BCUT2D eigenvalue weighted by Crippen LogP contribution is 2.23. The van der Waals surface area contributed by atoms with E-state index in [2.05, 4.69) is 4.98 Å². The van der Waals surface area contributed by atoms with Crippen LogP contribution in [-0.4, -0.2) is 10.1 Å². The fourth-order valence-corrected chi connectivity index (χ4v) is 2.67. The quantitative estimate of drug-likeness (QED) is 0.911. The Morgan fingerprint density at radius 3 is 2.75 bits per heavy atom. The Balaban J connectivity index is 2.24. The maximum atomic E-state index is 9.10. The number of hydrogen-bond donors (Lipinski definition) is 1. The van der Waals surface area contributed by atoms with Crippen LogP contribution in [0.25, 0.3) is 0 Å². The number of hydrogen-bond acceptors (Lipinski definition) is 3. The average molecular weight is 254 g/mol. The van der Waals surface area contributed by atoms with Gasteiger partial charge in [0.2, 0.25) is 0 Å². The molecule has 0 saturated carbocycles. The van der Waals surface area contributed by atoms with E-state index in [0.717, 1.165) is 32.6 Å². The normalized spacial score (nSPS) is 10.7. The zero-order chi connectivity index (χ0) is 11.5. The standard InChI is InChI=1S/C12H12ClNOS/c1-8-11(7-15)16-12(14-8)6-9-4-2-3-5-10(9)13/h2-5,15H,6-7H2,1H3. The van der Waals surface area contributed by atoms with Gasteiger partial charge in [-0.25, -0.2) is 4.98 Å². The Morgan fingerprint density at radius 1 is 1.38 bits per heavy atom. The van der Waals surface area contributed by atoms with Crippen LogP contribution < -0.4 is 0 Å². The molecule has 84 valence electrons. The third-order valence-electron chi connectivity index (χ3n) is 2.38. The molecule has 2 aromatic rings. The topological polar surface area (TPSA) is 33.1 Å². The molecular formula is C12H12ClNOS. The fraction of sp³-hybridized carbons (Fsp3) is 0.250. The van der Waals surface area contributed by atoms with Gasteiger partial charge >= 0.3 is 0 Å². The third kappa shape index (κ3) is 2.43. The van der Waals surface area contributed by atoms with Crippen LogP contribution in [0.3, 0.4) is 0 Å². The van der Waals surface area contributed by atoms with Gasteiger partial charge in [-0.2, -0.15) is 0 Å². The van der Waals surface area contributed by atoms with Crippen molar-refractivity contribution in [3.8, 4) is 0 Å². The van der Waals surface area contributed by atoms with E-state index in [-0.39, 0.29) is 6.61 Å². The fourth-order valence-electron chi connectivity index (χ4n) is 1.52. The number of thiazole rings is 1. The number of nitrogens with zero attached hydrogens (tertiary/aromatic N) is 1. The van der Waals surface area contributed by atoms with Crippen LogP contribution in [0.2, 0.25) is 5.02 Å². The number of rotatable bonds is 3. The van der Waals surface area contributed by atoms with Crippen molar-refractivity contribution < 1.29 is 5.11 Å². The highest BCUT2D eigenvalue weighted by Gasteiger charge is 2.08. The Hall–Kier alpha value is -0.900. The summed E-state index contributed by atoms with van der Waals surface area (Å²) in [7, 11) is 0. The molecule has 1 aromatic carbocycles. The van der Waals surface area contributed by atoms with Gasteiger partial charge in [0.05, 0.1) is 22.2 Å². The molecule has 1 N–H and O–H groups in total. The van der Waals surface area contributed by atoms with Crippen molar-refractivity contribution in [1.82, 2.24) is 4.98 Å². The Labute approximate surface area is 104 Å². The van der Waals surface area contributed by atoms with Crippen LogP contribution in [0, 0.1) is 6.92 Å². The molecule has 1 aromatic heterocycles. The maximum absolute atomic E-state index is 9.10. The minimum atomic E-state index is 0.0615. The molecule has 16 heavy (non-hydrogen) atoms. The van der Waals surface area contributed by atoms with Crippen LogP contribution >= 0.6 is 22.9 Å². The van der Waals surface area contributed by atoms with Crippen LogP contribution in [0.15, 0.2) is 24.3 Å². The van der Waals surface area contributed by atoms with Gasteiger partial charge < -0.3 is 5.11 Å². The molecule has 0 fully saturated rings. The first-order valence-corrected chi connectivity index (χ1v) is 6.19. The summed E-state index contributed by atoms with van der Waals surface area (Å²) < 4.78 is 0. The van der Waals surface area contributed by atoms with Crippen molar-refractivity contribution >= 4 is 22.9 Å². The van der Waals surface area contributed by atoms with Crippen LogP contribution in [-0.2, 0) is 13.0 Å². The van der Waals surface area contributed by atoms with Crippen molar-refractivity contribution in [1.29, 1.82) is 0 Å². The highest BCUT2D eigenvalue weighted by molar-refractivity contribution is 7.11. The summed E-state index contributed by atoms with van der Waals surface area (Å²) in [6, 6.07) is 7.76. The minimum Gasteiger partial charge on any atom is -0.391 e. The summed E-state index contributed by atoms with van der Waals surface area (Å²) in [6.45, 7) is 1.98. The van der Waals surface area contributed by atoms with Crippen molar-refractivity contribution in [3.05, 3.63) is 50.4 Å². The second kappa shape index (κ2) is 4.95. The lowest BCUT2D eigenvalue weighted by Gasteiger charge is -2.00. The first-order valence-electron chi connectivity index (χ1n) is 5.00. The van der Waals surface area contributed by atoms with E-state index >= 15 is 0 Å². The van der Waals surface area contributed by atoms with Crippen LogP contribution in [0.5, 0.6) is 0 Å². The summed E-state index contributed by atoms with van der Waals surface area (Å²) in [5, 5.41) is 10.9. The summed E-state index contributed by atoms with van der Waals surface area (Å²) in [6.07, 6.45) is 0.727. The monoisotopic (exact) mass is 253 g/mol. The van der Waals surface area contributed by atoms with E-state index in [0.29, 0.717) is 0 Å². The maximum Gasteiger partial charge on any atom is 0.0976 e. The largest absolute Gasteiger partial charge is 0.391 e. The molecule has 2 rings (SSSR count). The van der Waals surface area contributed by atoms with E-state index < -0.39 is 0 Å². The first kappa shape index (κ1) is 11.6. The number of aromatic nitrogens is 1. The number of aliphatic hydroxyl groups is 1. The van der Waals surface area contributed by atoms with E-state index in [1.54, 1.807) is 11.3 Å². The van der Waals surface area contributed by atoms with E-state index in [4.69, 9.17) is 16.7 Å². The average Bonchev–Trinajstić information content (AvgIpc) is 2.62. The van der Waals surface area contributed by atoms with E-state index in [1.165, 1.54) is 0 Å². The molecule has 0 aliphatic heterocycles. The van der Waals surface area contributed by atoms with Gasteiger partial charge in [-0.15, -0.1) is 11.3 Å². The molecule has 0 bridgehead atoms.